The van der Waals surface area contributed by atoms with E-state index in [0.717, 1.165) is 0 Å². The van der Waals surface area contributed by atoms with Gasteiger partial charge in [0.25, 0.3) is 0 Å². The van der Waals surface area contributed by atoms with Crippen molar-refractivity contribution in [2.75, 3.05) is 0 Å². The summed E-state index contributed by atoms with van der Waals surface area (Å²) in [6, 6.07) is 2.28. The maximum Gasteiger partial charge on any atom is 0.190 e. The van der Waals surface area contributed by atoms with Crippen molar-refractivity contribution < 1.29 is 4.43 Å². The molecule has 2 rings (SSSR count). The first-order chi connectivity index (χ1) is 8.21. The van der Waals surface area contributed by atoms with Crippen LogP contribution in [-0.4, -0.2) is 8.32 Å². The number of hydrogen-bond acceptors (Lipinski definition) is 2. The van der Waals surface area contributed by atoms with E-state index in [1.165, 1.54) is 18.4 Å². The number of hydrogen-bond donors (Lipinski definition) is 0. The molecule has 0 fully saturated rings. The molecule has 0 bridgehead atoms. The van der Waals surface area contributed by atoms with Gasteiger partial charge in [0.05, 0.1) is 6.10 Å². The molecule has 0 spiro atoms. The van der Waals surface area contributed by atoms with Crippen molar-refractivity contribution in [2.45, 2.75) is 65.3 Å². The van der Waals surface area contributed by atoms with Crippen LogP contribution >= 0.6 is 11.3 Å². The molecule has 1 atom stereocenters. The van der Waals surface area contributed by atoms with Crippen LogP contribution < -0.4 is 0 Å². The lowest BCUT2D eigenvalue weighted by Gasteiger charge is -2.40. The summed E-state index contributed by atoms with van der Waals surface area (Å²) in [4.78, 5) is 1.55. The minimum Gasteiger partial charge on any atom is -0.410 e. The highest BCUT2D eigenvalue weighted by atomic mass is 32.1. The Kier molecular flexibility index (Phi) is 3.78. The largest absolute Gasteiger partial charge is 0.410 e. The number of thiophene rings is 1. The second-order valence-corrected chi connectivity index (χ2v) is 12.8. The Bertz CT molecular complexity index is 420. The van der Waals surface area contributed by atoms with E-state index < -0.39 is 8.32 Å². The summed E-state index contributed by atoms with van der Waals surface area (Å²) in [6.45, 7) is 14.0. The Hall–Kier alpha value is -0.123. The molecule has 1 heterocycles. The zero-order valence-corrected chi connectivity index (χ0v) is 14.4. The van der Waals surface area contributed by atoms with Gasteiger partial charge in [-0.1, -0.05) is 27.7 Å². The van der Waals surface area contributed by atoms with E-state index in [2.05, 4.69) is 52.2 Å². The fraction of sp³-hybridized carbons (Fsp3) is 0.733. The van der Waals surface area contributed by atoms with Crippen molar-refractivity contribution in [2.24, 2.45) is 5.41 Å². The molecular formula is C15H26OSSi. The maximum atomic E-state index is 6.61. The van der Waals surface area contributed by atoms with Gasteiger partial charge in [-0.2, -0.15) is 0 Å². The van der Waals surface area contributed by atoms with Gasteiger partial charge in [-0.15, -0.1) is 11.3 Å². The van der Waals surface area contributed by atoms with Crippen molar-refractivity contribution in [3.05, 3.63) is 21.9 Å². The Morgan fingerprint density at radius 1 is 1.39 bits per heavy atom. The molecule has 1 aliphatic rings. The molecule has 0 amide bonds. The van der Waals surface area contributed by atoms with Crippen LogP contribution in [-0.2, 0) is 10.8 Å². The first kappa shape index (κ1) is 14.3. The van der Waals surface area contributed by atoms with Crippen LogP contribution in [0.5, 0.6) is 0 Å². The summed E-state index contributed by atoms with van der Waals surface area (Å²) >= 11 is 1.90. The number of rotatable bonds is 3. The van der Waals surface area contributed by atoms with Gasteiger partial charge in [0.1, 0.15) is 0 Å². The van der Waals surface area contributed by atoms with Crippen molar-refractivity contribution >= 4 is 19.7 Å². The second kappa shape index (κ2) is 4.77. The number of fused-ring (bicyclic) bond motifs is 1. The molecule has 1 aromatic rings. The van der Waals surface area contributed by atoms with Crippen LogP contribution in [0.15, 0.2) is 11.4 Å². The van der Waals surface area contributed by atoms with Crippen molar-refractivity contribution in [1.82, 2.24) is 0 Å². The van der Waals surface area contributed by atoms with Gasteiger partial charge in [0, 0.05) is 4.88 Å². The van der Waals surface area contributed by atoms with Gasteiger partial charge in [-0.25, -0.2) is 0 Å². The molecular weight excluding hydrogens is 256 g/mol. The van der Waals surface area contributed by atoms with Gasteiger partial charge in [-0.3, -0.25) is 0 Å². The minimum atomic E-state index is -1.57. The SMILES string of the molecule is CC(C)[Si](C)(C)OC1CC(C)(C)Cc2sccc21. The second-order valence-electron chi connectivity index (χ2n) is 7.21. The fourth-order valence-electron chi connectivity index (χ4n) is 2.51. The smallest absolute Gasteiger partial charge is 0.190 e. The average Bonchev–Trinajstić information content (AvgIpc) is 2.62. The van der Waals surface area contributed by atoms with E-state index in [1.807, 2.05) is 11.3 Å². The highest BCUT2D eigenvalue weighted by molar-refractivity contribution is 7.10. The van der Waals surface area contributed by atoms with Gasteiger partial charge in [-0.05, 0) is 53.9 Å². The molecule has 18 heavy (non-hydrogen) atoms. The highest BCUT2D eigenvalue weighted by Gasteiger charge is 2.38. The molecule has 0 N–H and O–H groups in total. The van der Waals surface area contributed by atoms with Gasteiger partial charge >= 0.3 is 0 Å². The van der Waals surface area contributed by atoms with Gasteiger partial charge < -0.3 is 4.43 Å². The summed E-state index contributed by atoms with van der Waals surface area (Å²) in [6.07, 6.45) is 2.71. The first-order valence-electron chi connectivity index (χ1n) is 6.95. The third-order valence-corrected chi connectivity index (χ3v) is 8.95. The summed E-state index contributed by atoms with van der Waals surface area (Å²) in [5, 5.41) is 2.23. The van der Waals surface area contributed by atoms with E-state index in [1.54, 1.807) is 4.88 Å². The average molecular weight is 283 g/mol. The van der Waals surface area contributed by atoms with E-state index in [0.29, 0.717) is 17.1 Å². The van der Waals surface area contributed by atoms with Gasteiger partial charge in [0.2, 0.25) is 0 Å². The third kappa shape index (κ3) is 2.89. The van der Waals surface area contributed by atoms with Crippen LogP contribution in [0.3, 0.4) is 0 Å². The molecule has 0 saturated heterocycles. The maximum absolute atomic E-state index is 6.61. The first-order valence-corrected chi connectivity index (χ1v) is 10.8. The molecule has 0 saturated carbocycles. The van der Waals surface area contributed by atoms with E-state index >= 15 is 0 Å². The lowest BCUT2D eigenvalue weighted by Crippen LogP contribution is -2.38. The topological polar surface area (TPSA) is 9.23 Å². The van der Waals surface area contributed by atoms with E-state index in [-0.39, 0.29) is 0 Å². The van der Waals surface area contributed by atoms with E-state index in [9.17, 15) is 0 Å². The van der Waals surface area contributed by atoms with Crippen molar-refractivity contribution in [3.8, 4) is 0 Å². The normalized spacial score (nSPS) is 23.2. The highest BCUT2D eigenvalue weighted by Crippen LogP contribution is 2.46. The molecule has 3 heteroatoms. The summed E-state index contributed by atoms with van der Waals surface area (Å²) in [7, 11) is -1.57. The Labute approximate surface area is 117 Å². The Morgan fingerprint density at radius 3 is 2.67 bits per heavy atom. The molecule has 0 radical (unpaired) electrons. The standard InChI is InChI=1S/C15H26OSSi/c1-11(2)18(5,6)16-13-9-15(3,4)10-14-12(13)7-8-17-14/h7-8,11,13H,9-10H2,1-6H3. The Balaban J connectivity index is 2.24. The zero-order chi connectivity index (χ0) is 13.6. The Morgan fingerprint density at radius 2 is 2.06 bits per heavy atom. The monoisotopic (exact) mass is 282 g/mol. The van der Waals surface area contributed by atoms with Crippen LogP contribution in [0.25, 0.3) is 0 Å². The van der Waals surface area contributed by atoms with Crippen molar-refractivity contribution in [3.63, 3.8) is 0 Å². The van der Waals surface area contributed by atoms with Crippen LogP contribution in [0.4, 0.5) is 0 Å². The van der Waals surface area contributed by atoms with Gasteiger partial charge in [0.15, 0.2) is 8.32 Å². The fourth-order valence-corrected chi connectivity index (χ4v) is 4.91. The van der Waals surface area contributed by atoms with E-state index in [4.69, 9.17) is 4.43 Å². The summed E-state index contributed by atoms with van der Waals surface area (Å²) in [5.41, 5.74) is 2.52. The minimum absolute atomic E-state index is 0.332. The molecule has 1 aromatic heterocycles. The zero-order valence-electron chi connectivity index (χ0n) is 12.5. The molecule has 102 valence electrons. The molecule has 1 nitrogen and oxygen atoms in total. The lowest BCUT2D eigenvalue weighted by atomic mass is 9.76. The molecule has 0 aliphatic heterocycles. The lowest BCUT2D eigenvalue weighted by molar-refractivity contribution is 0.113. The predicted octanol–water partition coefficient (Wildman–Crippen LogP) is 5.39. The third-order valence-electron chi connectivity index (χ3n) is 4.34. The molecule has 1 aliphatic carbocycles. The van der Waals surface area contributed by atoms with Crippen molar-refractivity contribution in [1.29, 1.82) is 0 Å². The van der Waals surface area contributed by atoms with Crippen LogP contribution in [0, 0.1) is 5.41 Å². The molecule has 1 unspecified atom stereocenters. The quantitative estimate of drug-likeness (QED) is 0.675. The predicted molar refractivity (Wildman–Crippen MR) is 82.8 cm³/mol. The summed E-state index contributed by atoms with van der Waals surface area (Å²) in [5.74, 6) is 0. The molecule has 0 aromatic carbocycles. The van der Waals surface area contributed by atoms with Crippen LogP contribution in [0.2, 0.25) is 18.6 Å². The van der Waals surface area contributed by atoms with Crippen LogP contribution in [0.1, 0.15) is 50.7 Å². The summed E-state index contributed by atoms with van der Waals surface area (Å²) < 4.78 is 6.61.